The minimum atomic E-state index is -1.02. The highest BCUT2D eigenvalue weighted by molar-refractivity contribution is 5.85. The number of aliphatic hydroxyl groups excluding tert-OH is 1. The second-order valence-corrected chi connectivity index (χ2v) is 4.70. The number of halogens is 3. The molecule has 1 aromatic carbocycles. The van der Waals surface area contributed by atoms with Crippen molar-refractivity contribution < 1.29 is 13.9 Å². The summed E-state index contributed by atoms with van der Waals surface area (Å²) in [7, 11) is 0. The molecule has 3 N–H and O–H groups in total. The monoisotopic (exact) mass is 279 g/mol. The van der Waals surface area contributed by atoms with Gasteiger partial charge in [-0.25, -0.2) is 8.78 Å². The molecule has 0 bridgehead atoms. The van der Waals surface area contributed by atoms with Crippen LogP contribution in [0.15, 0.2) is 18.2 Å². The standard InChI is InChI=1S/C13H19F2NO.ClH/c1-8(2)6-7-11(17)13(16)12-9(14)4-3-5-10(12)15;/h3-5,8,11,13,17H,6-7,16H2,1-2H3;1H/t11-,13-;/m1./s1. The summed E-state index contributed by atoms with van der Waals surface area (Å²) in [4.78, 5) is 0. The van der Waals surface area contributed by atoms with Gasteiger partial charge < -0.3 is 10.8 Å². The van der Waals surface area contributed by atoms with Crippen molar-refractivity contribution >= 4 is 12.4 Å². The first-order valence-corrected chi connectivity index (χ1v) is 5.81. The smallest absolute Gasteiger partial charge is 0.131 e. The lowest BCUT2D eigenvalue weighted by Crippen LogP contribution is -2.28. The van der Waals surface area contributed by atoms with Crippen molar-refractivity contribution in [2.24, 2.45) is 11.7 Å². The summed E-state index contributed by atoms with van der Waals surface area (Å²) in [5, 5.41) is 9.81. The Bertz CT molecular complexity index is 354. The Kier molecular flexibility index (Phi) is 7.36. The Morgan fingerprint density at radius 2 is 1.67 bits per heavy atom. The van der Waals surface area contributed by atoms with E-state index in [0.717, 1.165) is 18.6 Å². The van der Waals surface area contributed by atoms with Gasteiger partial charge >= 0.3 is 0 Å². The van der Waals surface area contributed by atoms with E-state index in [-0.39, 0.29) is 18.0 Å². The molecule has 0 spiro atoms. The predicted molar refractivity (Wildman–Crippen MR) is 70.6 cm³/mol. The molecular formula is C13H20ClF2NO. The van der Waals surface area contributed by atoms with Crippen molar-refractivity contribution in [1.82, 2.24) is 0 Å². The lowest BCUT2D eigenvalue weighted by atomic mass is 9.95. The molecule has 0 aromatic heterocycles. The maximum Gasteiger partial charge on any atom is 0.131 e. The molecule has 0 aliphatic carbocycles. The van der Waals surface area contributed by atoms with Gasteiger partial charge in [0.05, 0.1) is 12.1 Å². The first-order chi connectivity index (χ1) is 7.93. The number of hydrogen-bond donors (Lipinski definition) is 2. The van der Waals surface area contributed by atoms with E-state index in [1.807, 2.05) is 13.8 Å². The zero-order valence-corrected chi connectivity index (χ0v) is 11.4. The second kappa shape index (κ2) is 7.67. The van der Waals surface area contributed by atoms with Gasteiger partial charge in [0.25, 0.3) is 0 Å². The molecule has 18 heavy (non-hydrogen) atoms. The largest absolute Gasteiger partial charge is 0.391 e. The van der Waals surface area contributed by atoms with Crippen LogP contribution in [0, 0.1) is 17.6 Å². The number of rotatable bonds is 5. The third-order valence-electron chi connectivity index (χ3n) is 2.79. The van der Waals surface area contributed by atoms with E-state index in [1.165, 1.54) is 6.07 Å². The van der Waals surface area contributed by atoms with E-state index in [2.05, 4.69) is 0 Å². The number of nitrogens with two attached hydrogens (primary N) is 1. The minimum Gasteiger partial charge on any atom is -0.391 e. The van der Waals surface area contributed by atoms with Crippen LogP contribution in [0.3, 0.4) is 0 Å². The molecule has 0 unspecified atom stereocenters. The zero-order chi connectivity index (χ0) is 13.0. The third-order valence-corrected chi connectivity index (χ3v) is 2.79. The Morgan fingerprint density at radius 1 is 1.17 bits per heavy atom. The SMILES string of the molecule is CC(C)CC[C@@H](O)[C@@H](N)c1c(F)cccc1F.Cl. The summed E-state index contributed by atoms with van der Waals surface area (Å²) < 4.78 is 26.9. The normalized spacial score (nSPS) is 14.2. The Balaban J connectivity index is 0.00000289. The zero-order valence-electron chi connectivity index (χ0n) is 10.6. The van der Waals surface area contributed by atoms with Crippen molar-refractivity contribution in [2.75, 3.05) is 0 Å². The topological polar surface area (TPSA) is 46.2 Å². The maximum absolute atomic E-state index is 13.4. The number of benzene rings is 1. The van der Waals surface area contributed by atoms with Crippen LogP contribution in [-0.2, 0) is 0 Å². The molecular weight excluding hydrogens is 260 g/mol. The second-order valence-electron chi connectivity index (χ2n) is 4.70. The number of aliphatic hydroxyl groups is 1. The van der Waals surface area contributed by atoms with Crippen molar-refractivity contribution in [3.63, 3.8) is 0 Å². The lowest BCUT2D eigenvalue weighted by Gasteiger charge is -2.20. The molecule has 0 radical (unpaired) electrons. The van der Waals surface area contributed by atoms with Gasteiger partial charge in [-0.2, -0.15) is 0 Å². The summed E-state index contributed by atoms with van der Waals surface area (Å²) in [6, 6.07) is 2.55. The van der Waals surface area contributed by atoms with Gasteiger partial charge in [-0.15, -0.1) is 12.4 Å². The molecule has 2 atom stereocenters. The van der Waals surface area contributed by atoms with Crippen molar-refractivity contribution in [1.29, 1.82) is 0 Å². The van der Waals surface area contributed by atoms with Crippen LogP contribution >= 0.6 is 12.4 Å². The van der Waals surface area contributed by atoms with E-state index >= 15 is 0 Å². The molecule has 0 saturated heterocycles. The molecule has 0 amide bonds. The summed E-state index contributed by atoms with van der Waals surface area (Å²) >= 11 is 0. The van der Waals surface area contributed by atoms with Crippen LogP contribution in [-0.4, -0.2) is 11.2 Å². The van der Waals surface area contributed by atoms with E-state index in [4.69, 9.17) is 5.73 Å². The van der Waals surface area contributed by atoms with Crippen LogP contribution < -0.4 is 5.73 Å². The molecule has 0 heterocycles. The van der Waals surface area contributed by atoms with Crippen molar-refractivity contribution in [3.8, 4) is 0 Å². The first-order valence-electron chi connectivity index (χ1n) is 5.81. The maximum atomic E-state index is 13.4. The molecule has 0 fully saturated rings. The molecule has 104 valence electrons. The predicted octanol–water partition coefficient (Wildman–Crippen LogP) is 3.18. The Hall–Kier alpha value is -0.710. The number of hydrogen-bond acceptors (Lipinski definition) is 2. The fourth-order valence-electron chi connectivity index (χ4n) is 1.71. The van der Waals surface area contributed by atoms with Gasteiger partial charge in [0.1, 0.15) is 11.6 Å². The Morgan fingerprint density at radius 3 is 2.11 bits per heavy atom. The summed E-state index contributed by atoms with van der Waals surface area (Å²) in [5.41, 5.74) is 5.46. The highest BCUT2D eigenvalue weighted by Gasteiger charge is 2.23. The summed E-state index contributed by atoms with van der Waals surface area (Å²) in [5.74, 6) is -0.996. The van der Waals surface area contributed by atoms with Crippen LogP contribution in [0.1, 0.15) is 38.3 Å². The molecule has 5 heteroatoms. The highest BCUT2D eigenvalue weighted by Crippen LogP contribution is 2.24. The lowest BCUT2D eigenvalue weighted by molar-refractivity contribution is 0.125. The fourth-order valence-corrected chi connectivity index (χ4v) is 1.71. The van der Waals surface area contributed by atoms with E-state index in [1.54, 1.807) is 0 Å². The molecule has 0 aliphatic heterocycles. The average Bonchev–Trinajstić information content (AvgIpc) is 2.25. The van der Waals surface area contributed by atoms with E-state index < -0.39 is 23.8 Å². The van der Waals surface area contributed by atoms with Crippen molar-refractivity contribution in [3.05, 3.63) is 35.4 Å². The minimum absolute atomic E-state index is 0. The van der Waals surface area contributed by atoms with Gasteiger partial charge in [-0.3, -0.25) is 0 Å². The van der Waals surface area contributed by atoms with Gasteiger partial charge in [0, 0.05) is 5.56 Å². The van der Waals surface area contributed by atoms with Crippen LogP contribution in [0.5, 0.6) is 0 Å². The average molecular weight is 280 g/mol. The molecule has 1 rings (SSSR count). The van der Waals surface area contributed by atoms with Gasteiger partial charge in [-0.05, 0) is 30.9 Å². The first kappa shape index (κ1) is 17.3. The van der Waals surface area contributed by atoms with Crippen LogP contribution in [0.25, 0.3) is 0 Å². The van der Waals surface area contributed by atoms with Crippen LogP contribution in [0.2, 0.25) is 0 Å². The van der Waals surface area contributed by atoms with E-state index in [0.29, 0.717) is 12.3 Å². The fraction of sp³-hybridized carbons (Fsp3) is 0.538. The quantitative estimate of drug-likeness (QED) is 0.869. The molecule has 2 nitrogen and oxygen atoms in total. The van der Waals surface area contributed by atoms with Gasteiger partial charge in [0.2, 0.25) is 0 Å². The summed E-state index contributed by atoms with van der Waals surface area (Å²) in [6.45, 7) is 4.03. The molecule has 0 aliphatic rings. The van der Waals surface area contributed by atoms with Crippen molar-refractivity contribution in [2.45, 2.75) is 38.8 Å². The van der Waals surface area contributed by atoms with Gasteiger partial charge in [0.15, 0.2) is 0 Å². The third kappa shape index (κ3) is 4.52. The Labute approximate surface area is 113 Å². The van der Waals surface area contributed by atoms with Gasteiger partial charge in [-0.1, -0.05) is 19.9 Å². The summed E-state index contributed by atoms with van der Waals surface area (Å²) in [6.07, 6.45) is 0.279. The van der Waals surface area contributed by atoms with E-state index in [9.17, 15) is 13.9 Å². The highest BCUT2D eigenvalue weighted by atomic mass is 35.5. The molecule has 0 saturated carbocycles. The molecule has 1 aromatic rings. The van der Waals surface area contributed by atoms with Crippen LogP contribution in [0.4, 0.5) is 8.78 Å².